The fraction of sp³-hybridized carbons (Fsp3) is 0.368. The monoisotopic (exact) mass is 374 g/mol. The van der Waals surface area contributed by atoms with Crippen LogP contribution in [0.15, 0.2) is 41.8 Å². The van der Waals surface area contributed by atoms with Gasteiger partial charge < -0.3 is 10.2 Å². The quantitative estimate of drug-likeness (QED) is 0.889. The summed E-state index contributed by atoms with van der Waals surface area (Å²) in [7, 11) is 0. The van der Waals surface area contributed by atoms with Gasteiger partial charge in [-0.15, -0.1) is 11.3 Å². The third-order valence-electron chi connectivity index (χ3n) is 5.29. The van der Waals surface area contributed by atoms with Gasteiger partial charge in [-0.05, 0) is 48.6 Å². The number of benzene rings is 1. The Bertz CT molecular complexity index is 790. The van der Waals surface area contributed by atoms with E-state index in [9.17, 15) is 9.59 Å². The van der Waals surface area contributed by atoms with E-state index in [4.69, 9.17) is 11.6 Å². The minimum Gasteiger partial charge on any atom is -0.351 e. The third-order valence-corrected chi connectivity index (χ3v) is 6.42. The first-order valence-electron chi connectivity index (χ1n) is 8.42. The predicted octanol–water partition coefficient (Wildman–Crippen LogP) is 3.57. The zero-order valence-corrected chi connectivity index (χ0v) is 15.3. The van der Waals surface area contributed by atoms with E-state index in [0.717, 1.165) is 24.3 Å². The number of likely N-dealkylation sites (tertiary alicyclic amines) is 1. The summed E-state index contributed by atoms with van der Waals surface area (Å²) in [6.45, 7) is 1.98. The number of rotatable bonds is 4. The molecular formula is C19H19ClN2O2S. The van der Waals surface area contributed by atoms with Gasteiger partial charge in [-0.1, -0.05) is 17.7 Å². The van der Waals surface area contributed by atoms with E-state index in [1.165, 1.54) is 0 Å². The standard InChI is InChI=1S/C19H19ClN2O2S/c20-14-5-3-13(4-6-14)18(24)22-8-7-19(12-22)10-16(19)17(23)21-11-15-2-1-9-25-15/h1-6,9,16H,7-8,10-12H2,(H,21,23). The summed E-state index contributed by atoms with van der Waals surface area (Å²) in [6.07, 6.45) is 1.79. The molecule has 130 valence electrons. The van der Waals surface area contributed by atoms with Crippen molar-refractivity contribution in [1.29, 1.82) is 0 Å². The first-order chi connectivity index (χ1) is 12.1. The number of hydrogen-bond donors (Lipinski definition) is 1. The summed E-state index contributed by atoms with van der Waals surface area (Å²) < 4.78 is 0. The molecule has 1 aliphatic heterocycles. The minimum absolute atomic E-state index is 0.0123. The normalized spacial score (nSPS) is 24.5. The van der Waals surface area contributed by atoms with Crippen LogP contribution in [0.3, 0.4) is 0 Å². The highest BCUT2D eigenvalue weighted by molar-refractivity contribution is 7.09. The van der Waals surface area contributed by atoms with E-state index in [-0.39, 0.29) is 23.1 Å². The number of carbonyl (C=O) groups excluding carboxylic acids is 2. The van der Waals surface area contributed by atoms with Crippen LogP contribution in [0, 0.1) is 11.3 Å². The van der Waals surface area contributed by atoms with Crippen LogP contribution in [0.5, 0.6) is 0 Å². The molecule has 2 unspecified atom stereocenters. The summed E-state index contributed by atoms with van der Waals surface area (Å²) in [6, 6.07) is 11.0. The van der Waals surface area contributed by atoms with Crippen molar-refractivity contribution >= 4 is 34.8 Å². The van der Waals surface area contributed by atoms with Gasteiger partial charge >= 0.3 is 0 Å². The molecule has 1 saturated carbocycles. The van der Waals surface area contributed by atoms with E-state index in [0.29, 0.717) is 23.7 Å². The zero-order valence-electron chi connectivity index (χ0n) is 13.7. The third kappa shape index (κ3) is 3.31. The molecule has 2 aromatic rings. The lowest BCUT2D eigenvalue weighted by Crippen LogP contribution is -2.31. The molecular weight excluding hydrogens is 356 g/mol. The van der Waals surface area contributed by atoms with Crippen LogP contribution in [-0.4, -0.2) is 29.8 Å². The molecule has 25 heavy (non-hydrogen) atoms. The van der Waals surface area contributed by atoms with Crippen molar-refractivity contribution in [2.24, 2.45) is 11.3 Å². The molecule has 6 heteroatoms. The van der Waals surface area contributed by atoms with Crippen molar-refractivity contribution in [3.8, 4) is 0 Å². The Morgan fingerprint density at radius 2 is 2.08 bits per heavy atom. The lowest BCUT2D eigenvalue weighted by Gasteiger charge is -2.17. The summed E-state index contributed by atoms with van der Waals surface area (Å²) in [4.78, 5) is 28.1. The van der Waals surface area contributed by atoms with Crippen molar-refractivity contribution < 1.29 is 9.59 Å². The molecule has 2 aliphatic rings. The maximum Gasteiger partial charge on any atom is 0.253 e. The summed E-state index contributed by atoms with van der Waals surface area (Å²) in [5, 5.41) is 5.67. The Hall–Kier alpha value is -1.85. The van der Waals surface area contributed by atoms with Gasteiger partial charge in [-0.3, -0.25) is 9.59 Å². The van der Waals surface area contributed by atoms with Crippen LogP contribution in [-0.2, 0) is 11.3 Å². The molecule has 4 nitrogen and oxygen atoms in total. The van der Waals surface area contributed by atoms with Crippen LogP contribution in [0.1, 0.15) is 28.1 Å². The van der Waals surface area contributed by atoms with E-state index < -0.39 is 0 Å². The van der Waals surface area contributed by atoms with Crippen molar-refractivity contribution in [2.75, 3.05) is 13.1 Å². The van der Waals surface area contributed by atoms with E-state index in [1.54, 1.807) is 35.6 Å². The highest BCUT2D eigenvalue weighted by atomic mass is 35.5. The molecule has 2 atom stereocenters. The second-order valence-corrected chi connectivity index (χ2v) is 8.37. The Kier molecular flexibility index (Phi) is 4.29. The Labute approximate surface area is 155 Å². The Morgan fingerprint density at radius 3 is 2.80 bits per heavy atom. The van der Waals surface area contributed by atoms with Crippen LogP contribution in [0.25, 0.3) is 0 Å². The highest BCUT2D eigenvalue weighted by Crippen LogP contribution is 2.58. The molecule has 0 bridgehead atoms. The predicted molar refractivity (Wildman–Crippen MR) is 98.7 cm³/mol. The maximum atomic E-state index is 12.6. The first kappa shape index (κ1) is 16.6. The molecule has 1 aliphatic carbocycles. The summed E-state index contributed by atoms with van der Waals surface area (Å²) >= 11 is 7.53. The van der Waals surface area contributed by atoms with Crippen LogP contribution >= 0.6 is 22.9 Å². The van der Waals surface area contributed by atoms with E-state index in [2.05, 4.69) is 5.32 Å². The maximum absolute atomic E-state index is 12.6. The molecule has 1 N–H and O–H groups in total. The second kappa shape index (κ2) is 6.46. The Morgan fingerprint density at radius 1 is 1.28 bits per heavy atom. The summed E-state index contributed by atoms with van der Waals surface area (Å²) in [5.74, 6) is 0.183. The molecule has 2 fully saturated rings. The van der Waals surface area contributed by atoms with E-state index in [1.807, 2.05) is 22.4 Å². The van der Waals surface area contributed by atoms with Gasteiger partial charge in [0.25, 0.3) is 5.91 Å². The number of halogens is 1. The van der Waals surface area contributed by atoms with Crippen LogP contribution in [0.2, 0.25) is 5.02 Å². The molecule has 4 rings (SSSR count). The minimum atomic E-state index is -0.0123. The van der Waals surface area contributed by atoms with Crippen molar-refractivity contribution in [2.45, 2.75) is 19.4 Å². The molecule has 2 amide bonds. The molecule has 1 aromatic carbocycles. The number of thiophene rings is 1. The van der Waals surface area contributed by atoms with Crippen LogP contribution in [0.4, 0.5) is 0 Å². The molecule has 2 heterocycles. The topological polar surface area (TPSA) is 49.4 Å². The van der Waals surface area contributed by atoms with E-state index >= 15 is 0 Å². The van der Waals surface area contributed by atoms with Crippen LogP contribution < -0.4 is 5.32 Å². The zero-order chi connectivity index (χ0) is 17.4. The average Bonchev–Trinajstić information content (AvgIpc) is 2.96. The van der Waals surface area contributed by atoms with Gasteiger partial charge in [0.05, 0.1) is 6.54 Å². The largest absolute Gasteiger partial charge is 0.351 e. The van der Waals surface area contributed by atoms with Gasteiger partial charge in [-0.25, -0.2) is 0 Å². The fourth-order valence-corrected chi connectivity index (χ4v) is 4.49. The SMILES string of the molecule is O=C(NCc1cccs1)C1CC12CCN(C(=O)c1ccc(Cl)cc1)C2. The lowest BCUT2D eigenvalue weighted by molar-refractivity contribution is -0.123. The molecule has 1 spiro atoms. The van der Waals surface area contributed by atoms with Gasteiger partial charge in [0.1, 0.15) is 0 Å². The smallest absolute Gasteiger partial charge is 0.253 e. The van der Waals surface area contributed by atoms with Crippen molar-refractivity contribution in [3.05, 3.63) is 57.2 Å². The fourth-order valence-electron chi connectivity index (χ4n) is 3.72. The number of hydrogen-bond acceptors (Lipinski definition) is 3. The first-order valence-corrected chi connectivity index (χ1v) is 9.68. The van der Waals surface area contributed by atoms with Crippen molar-refractivity contribution in [3.63, 3.8) is 0 Å². The molecule has 1 saturated heterocycles. The molecule has 1 aromatic heterocycles. The number of carbonyl (C=O) groups is 2. The lowest BCUT2D eigenvalue weighted by atomic mass is 10.0. The average molecular weight is 375 g/mol. The van der Waals surface area contributed by atoms with Crippen molar-refractivity contribution in [1.82, 2.24) is 10.2 Å². The van der Waals surface area contributed by atoms with Gasteiger partial charge in [0, 0.05) is 39.9 Å². The highest BCUT2D eigenvalue weighted by Gasteiger charge is 2.61. The van der Waals surface area contributed by atoms with Gasteiger partial charge in [0.2, 0.25) is 5.91 Å². The number of amides is 2. The second-order valence-electron chi connectivity index (χ2n) is 6.90. The summed E-state index contributed by atoms with van der Waals surface area (Å²) in [5.41, 5.74) is 0.641. The van der Waals surface area contributed by atoms with Gasteiger partial charge in [-0.2, -0.15) is 0 Å². The number of nitrogens with zero attached hydrogens (tertiary/aromatic N) is 1. The molecule has 0 radical (unpaired) electrons. The Balaban J connectivity index is 1.34. The van der Waals surface area contributed by atoms with Gasteiger partial charge in [0.15, 0.2) is 0 Å². The number of nitrogens with one attached hydrogen (secondary N) is 1.